The van der Waals surface area contributed by atoms with Gasteiger partial charge in [0.15, 0.2) is 0 Å². The highest BCUT2D eigenvalue weighted by Gasteiger charge is 2.18. The zero-order valence-electron chi connectivity index (χ0n) is 21.8. The summed E-state index contributed by atoms with van der Waals surface area (Å²) in [5.74, 6) is 0.607. The van der Waals surface area contributed by atoms with Gasteiger partial charge in [-0.3, -0.25) is 0 Å². The number of carbonyl (C=O) groups is 1. The highest BCUT2D eigenvalue weighted by atomic mass is 79.9. The van der Waals surface area contributed by atoms with Gasteiger partial charge in [0.05, 0.1) is 6.20 Å². The second-order valence-electron chi connectivity index (χ2n) is 9.97. The molecular formula is C28H30BrClN6O2. The summed E-state index contributed by atoms with van der Waals surface area (Å²) in [5.41, 5.74) is 5.00. The quantitative estimate of drug-likeness (QED) is 0.256. The van der Waals surface area contributed by atoms with Gasteiger partial charge < -0.3 is 15.0 Å². The Morgan fingerprint density at radius 1 is 1.08 bits per heavy atom. The van der Waals surface area contributed by atoms with E-state index in [4.69, 9.17) is 16.3 Å². The summed E-state index contributed by atoms with van der Waals surface area (Å²) in [6.45, 7) is 7.72. The first-order valence-corrected chi connectivity index (χ1v) is 13.3. The Morgan fingerprint density at radius 2 is 1.84 bits per heavy atom. The second-order valence-corrected chi connectivity index (χ2v) is 11.2. The van der Waals surface area contributed by atoms with Crippen molar-refractivity contribution < 1.29 is 9.53 Å². The minimum Gasteiger partial charge on any atom is -0.442 e. The molecule has 5 rings (SSSR count). The monoisotopic (exact) mass is 596 g/mol. The van der Waals surface area contributed by atoms with E-state index < -0.39 is 11.7 Å². The molecule has 198 valence electrons. The molecule has 4 aromatic rings. The molecule has 0 amide bonds. The number of likely N-dealkylation sites (N-methyl/N-ethyl adjacent to an activating group) is 1. The number of nitrogens with one attached hydrogen (secondary N) is 1. The smallest absolute Gasteiger partial charge is 0.435 e. The van der Waals surface area contributed by atoms with Crippen molar-refractivity contribution in [1.82, 2.24) is 24.6 Å². The van der Waals surface area contributed by atoms with Gasteiger partial charge in [-0.2, -0.15) is 9.78 Å². The van der Waals surface area contributed by atoms with E-state index in [1.165, 1.54) is 33.2 Å². The van der Waals surface area contributed by atoms with E-state index >= 15 is 0 Å². The van der Waals surface area contributed by atoms with Crippen LogP contribution >= 0.6 is 27.5 Å². The van der Waals surface area contributed by atoms with Gasteiger partial charge in [0.2, 0.25) is 5.28 Å². The van der Waals surface area contributed by atoms with Gasteiger partial charge >= 0.3 is 6.09 Å². The molecule has 0 spiro atoms. The molecule has 0 atom stereocenters. The molecule has 0 saturated heterocycles. The number of aromatic nitrogens is 4. The molecule has 0 radical (unpaired) electrons. The fraction of sp³-hybridized carbons (Fsp3) is 0.286. The maximum atomic E-state index is 12.0. The van der Waals surface area contributed by atoms with Gasteiger partial charge in [-0.05, 0) is 92.9 Å². The maximum Gasteiger partial charge on any atom is 0.435 e. The Hall–Kier alpha value is -3.27. The van der Waals surface area contributed by atoms with Crippen molar-refractivity contribution in [2.45, 2.75) is 39.3 Å². The first-order chi connectivity index (χ1) is 18.1. The Kier molecular flexibility index (Phi) is 8.81. The van der Waals surface area contributed by atoms with Crippen LogP contribution in [0, 0.1) is 0 Å². The molecule has 38 heavy (non-hydrogen) atoms. The summed E-state index contributed by atoms with van der Waals surface area (Å²) in [4.78, 5) is 22.3. The first kappa shape index (κ1) is 27.8. The molecule has 1 aliphatic heterocycles. The van der Waals surface area contributed by atoms with E-state index in [0.717, 1.165) is 23.4 Å². The largest absolute Gasteiger partial charge is 0.442 e. The molecule has 10 heteroatoms. The van der Waals surface area contributed by atoms with Crippen LogP contribution in [0.2, 0.25) is 5.28 Å². The minimum absolute atomic E-state index is 0.182. The third kappa shape index (κ3) is 7.86. The lowest BCUT2D eigenvalue weighted by atomic mass is 10.0. The Morgan fingerprint density at radius 3 is 2.55 bits per heavy atom. The van der Waals surface area contributed by atoms with Crippen LogP contribution < -0.4 is 5.32 Å². The summed E-state index contributed by atoms with van der Waals surface area (Å²) in [5, 5.41) is 7.40. The predicted octanol–water partition coefficient (Wildman–Crippen LogP) is 6.96. The van der Waals surface area contributed by atoms with E-state index in [1.54, 1.807) is 24.7 Å². The van der Waals surface area contributed by atoms with Crippen molar-refractivity contribution in [3.8, 4) is 11.1 Å². The molecule has 1 aliphatic rings. The average Bonchev–Trinajstić information content (AvgIpc) is 3.35. The number of halogens is 2. The molecule has 0 bridgehead atoms. The van der Waals surface area contributed by atoms with E-state index in [-0.39, 0.29) is 5.28 Å². The van der Waals surface area contributed by atoms with Crippen LogP contribution in [0.3, 0.4) is 0 Å². The fourth-order valence-corrected chi connectivity index (χ4v) is 4.40. The number of ether oxygens (including phenoxy) is 1. The highest BCUT2D eigenvalue weighted by molar-refractivity contribution is 9.10. The normalized spacial score (nSPS) is 13.2. The number of hydrogen-bond acceptors (Lipinski definition) is 7. The van der Waals surface area contributed by atoms with Crippen LogP contribution in [-0.4, -0.2) is 49.9 Å². The maximum absolute atomic E-state index is 12.0. The van der Waals surface area contributed by atoms with Crippen molar-refractivity contribution in [3.63, 3.8) is 0 Å². The molecule has 0 fully saturated rings. The zero-order chi connectivity index (χ0) is 27.3. The van der Waals surface area contributed by atoms with Crippen LogP contribution in [0.15, 0.2) is 71.6 Å². The van der Waals surface area contributed by atoms with Crippen LogP contribution in [0.1, 0.15) is 31.9 Å². The Bertz CT molecular complexity index is 1400. The lowest BCUT2D eigenvalue weighted by molar-refractivity contribution is 0.0514. The lowest BCUT2D eigenvalue weighted by Crippen LogP contribution is -2.27. The Balaban J connectivity index is 0.000000232. The van der Waals surface area contributed by atoms with Crippen molar-refractivity contribution in [2.24, 2.45) is 0 Å². The summed E-state index contributed by atoms with van der Waals surface area (Å²) in [6.07, 6.45) is 5.52. The van der Waals surface area contributed by atoms with Crippen molar-refractivity contribution in [1.29, 1.82) is 0 Å². The molecule has 8 nitrogen and oxygen atoms in total. The van der Waals surface area contributed by atoms with Crippen LogP contribution in [0.4, 0.5) is 16.3 Å². The highest BCUT2D eigenvalue weighted by Crippen LogP contribution is 2.24. The van der Waals surface area contributed by atoms with Gasteiger partial charge in [-0.25, -0.2) is 14.8 Å². The van der Waals surface area contributed by atoms with Gasteiger partial charge in [0.25, 0.3) is 0 Å². The molecule has 0 aliphatic carbocycles. The van der Waals surface area contributed by atoms with Crippen LogP contribution in [0.25, 0.3) is 11.1 Å². The average molecular weight is 598 g/mol. The van der Waals surface area contributed by atoms with Crippen molar-refractivity contribution >= 4 is 45.1 Å². The van der Waals surface area contributed by atoms with E-state index in [9.17, 15) is 4.79 Å². The molecule has 0 saturated carbocycles. The number of fused-ring (bicyclic) bond motifs is 1. The van der Waals surface area contributed by atoms with Crippen LogP contribution in [0.5, 0.6) is 0 Å². The van der Waals surface area contributed by atoms with Crippen LogP contribution in [-0.2, 0) is 17.7 Å². The molecule has 3 heterocycles. The Labute approximate surface area is 236 Å². The second kappa shape index (κ2) is 12.1. The molecule has 2 aromatic carbocycles. The predicted molar refractivity (Wildman–Crippen MR) is 154 cm³/mol. The van der Waals surface area contributed by atoms with E-state index in [2.05, 4.69) is 66.5 Å². The topological polar surface area (TPSA) is 85.2 Å². The third-order valence-corrected chi connectivity index (χ3v) is 6.33. The van der Waals surface area contributed by atoms with Gasteiger partial charge in [-0.15, -0.1) is 0 Å². The number of rotatable bonds is 3. The van der Waals surface area contributed by atoms with Crippen molar-refractivity contribution in [2.75, 3.05) is 18.9 Å². The van der Waals surface area contributed by atoms with E-state index in [0.29, 0.717) is 5.82 Å². The molecule has 2 aromatic heterocycles. The fourth-order valence-electron chi connectivity index (χ4n) is 3.84. The number of anilines is 2. The zero-order valence-corrected chi connectivity index (χ0v) is 24.1. The SMILES string of the molecule is CC(C)(C)OC(=O)n1cc(-c2ccc(Nc3ccnc(Cl)n3)cc2)cn1.CN1CCc2cc(Br)ccc2C1. The summed E-state index contributed by atoms with van der Waals surface area (Å²) < 4.78 is 7.69. The summed E-state index contributed by atoms with van der Waals surface area (Å²) >= 11 is 9.27. The summed E-state index contributed by atoms with van der Waals surface area (Å²) in [7, 11) is 2.17. The standard InChI is InChI=1S/C18H18ClN5O2.C10H12BrN/c1-18(2,3)26-17(25)24-11-13(10-21-24)12-4-6-14(7-5-12)22-15-8-9-20-16(19)23-15;1-12-5-4-8-6-10(11)3-2-9(8)7-12/h4-11H,1-3H3,(H,20,22,23);2-3,6H,4-5,7H2,1H3. The number of benzene rings is 2. The third-order valence-electron chi connectivity index (χ3n) is 5.65. The first-order valence-electron chi connectivity index (χ1n) is 12.2. The summed E-state index contributed by atoms with van der Waals surface area (Å²) in [6, 6.07) is 15.9. The number of nitrogens with zero attached hydrogens (tertiary/aromatic N) is 5. The number of carbonyl (C=O) groups excluding carboxylic acids is 1. The van der Waals surface area contributed by atoms with Crippen molar-refractivity contribution in [3.05, 3.63) is 88.0 Å². The lowest BCUT2D eigenvalue weighted by Gasteiger charge is -2.24. The molecular weight excluding hydrogens is 568 g/mol. The van der Waals surface area contributed by atoms with Gasteiger partial charge in [0.1, 0.15) is 11.4 Å². The van der Waals surface area contributed by atoms with Gasteiger partial charge in [0, 0.05) is 41.2 Å². The van der Waals surface area contributed by atoms with Gasteiger partial charge in [-0.1, -0.05) is 34.1 Å². The van der Waals surface area contributed by atoms with E-state index in [1.807, 2.05) is 45.0 Å². The molecule has 0 unspecified atom stereocenters. The minimum atomic E-state index is -0.569. The molecule has 1 N–H and O–H groups in total. The number of hydrogen-bond donors (Lipinski definition) is 1.